The lowest BCUT2D eigenvalue weighted by molar-refractivity contribution is -0.367. The van der Waals surface area contributed by atoms with Gasteiger partial charge in [-0.05, 0) is 25.7 Å². The third-order valence-electron chi connectivity index (χ3n) is 12.7. The van der Waals surface area contributed by atoms with Gasteiger partial charge in [-0.1, -0.05) is 20.8 Å². The summed E-state index contributed by atoms with van der Waals surface area (Å²) in [5.74, 6) is -5.73. The van der Waals surface area contributed by atoms with Gasteiger partial charge in [-0.3, -0.25) is 33.7 Å². The van der Waals surface area contributed by atoms with E-state index in [-0.39, 0.29) is 32.5 Å². The highest BCUT2D eigenvalue weighted by atomic mass is 16.8. The average molecular weight is 1070 g/mol. The van der Waals surface area contributed by atoms with E-state index in [0.717, 1.165) is 24.0 Å². The number of amides is 6. The maximum atomic E-state index is 13.7. The number of carbonyl (C=O) groups excluding carboxylic acids is 6. The van der Waals surface area contributed by atoms with Crippen molar-refractivity contribution in [1.82, 2.24) is 26.2 Å². The van der Waals surface area contributed by atoms with Gasteiger partial charge < -0.3 is 105 Å². The smallest absolute Gasteiger partial charge is 0.335 e. The van der Waals surface area contributed by atoms with Crippen LogP contribution >= 0.6 is 0 Å². The number of aliphatic carboxylic acids is 1. The zero-order valence-electron chi connectivity index (χ0n) is 41.8. The van der Waals surface area contributed by atoms with Crippen LogP contribution in [0.15, 0.2) is 12.2 Å². The minimum atomic E-state index is -2.28. The molecule has 0 aromatic heterocycles. The van der Waals surface area contributed by atoms with E-state index in [1.807, 2.05) is 0 Å². The van der Waals surface area contributed by atoms with Crippen molar-refractivity contribution in [3.63, 3.8) is 0 Å². The van der Waals surface area contributed by atoms with Crippen LogP contribution in [0.4, 0.5) is 0 Å². The molecule has 74 heavy (non-hydrogen) atoms. The highest BCUT2D eigenvalue weighted by molar-refractivity contribution is 6.13. The molecule has 4 fully saturated rings. The Balaban J connectivity index is 1.33. The number of carboxylic acid groups (broad SMARTS) is 1. The van der Waals surface area contributed by atoms with Crippen molar-refractivity contribution < 1.29 is 117 Å². The first kappa shape index (κ1) is 60.5. The van der Waals surface area contributed by atoms with Crippen LogP contribution in [0.1, 0.15) is 61.3 Å². The summed E-state index contributed by atoms with van der Waals surface area (Å²) in [6.45, 7) is 8.61. The van der Waals surface area contributed by atoms with E-state index in [2.05, 4.69) is 21.3 Å². The zero-order chi connectivity index (χ0) is 55.1. The molecule has 0 radical (unpaired) electrons. The van der Waals surface area contributed by atoms with Crippen molar-refractivity contribution >= 4 is 41.4 Å². The minimum Gasteiger partial charge on any atom is -0.479 e. The second-order valence-electron chi connectivity index (χ2n) is 19.8. The van der Waals surface area contributed by atoms with Gasteiger partial charge in [-0.25, -0.2) is 4.79 Å². The molecular weight excluding hydrogens is 995 g/mol. The van der Waals surface area contributed by atoms with Gasteiger partial charge in [-0.15, -0.1) is 0 Å². The molecule has 0 aliphatic carbocycles. The highest BCUT2D eigenvalue weighted by Crippen LogP contribution is 2.38. The molecule has 29 heteroatoms. The number of aliphatic hydroxyl groups is 8. The number of hydrogen-bond donors (Lipinski definition) is 13. The van der Waals surface area contributed by atoms with Crippen LogP contribution in [0.2, 0.25) is 0 Å². The molecular formula is C45H71N5O24. The lowest BCUT2D eigenvalue weighted by Crippen LogP contribution is -2.71. The van der Waals surface area contributed by atoms with Gasteiger partial charge in [0.05, 0.1) is 31.5 Å². The maximum Gasteiger partial charge on any atom is 0.335 e. The SMILES string of the molecule is CC(=O)NC1C(OC2C(C(=O)O)OC(OC3C(O)C(CO)OC(C(C)(C)C)C3NC(C)=O)C(O)C2O)OC(CO)C(O)C1OC1OC(C(=O)NCCCNC(=O)CCN2C(=O)C=CC2=O)C(OC(C)C)C(O)C1O. The van der Waals surface area contributed by atoms with Crippen LogP contribution in [0.25, 0.3) is 0 Å². The maximum absolute atomic E-state index is 13.7. The molecule has 4 saturated heterocycles. The molecule has 0 bridgehead atoms. The highest BCUT2D eigenvalue weighted by Gasteiger charge is 2.58. The van der Waals surface area contributed by atoms with Gasteiger partial charge in [0, 0.05) is 52.1 Å². The van der Waals surface area contributed by atoms with E-state index in [9.17, 15) is 79.5 Å². The molecule has 20 atom stereocenters. The predicted molar refractivity (Wildman–Crippen MR) is 243 cm³/mol. The second-order valence-corrected chi connectivity index (χ2v) is 19.8. The van der Waals surface area contributed by atoms with Gasteiger partial charge >= 0.3 is 5.97 Å². The van der Waals surface area contributed by atoms with E-state index in [1.165, 1.54) is 6.92 Å². The fourth-order valence-corrected chi connectivity index (χ4v) is 9.11. The van der Waals surface area contributed by atoms with Crippen molar-refractivity contribution in [2.75, 3.05) is 32.8 Å². The summed E-state index contributed by atoms with van der Waals surface area (Å²) in [6.07, 6.45) is -31.9. The molecule has 0 aromatic carbocycles. The van der Waals surface area contributed by atoms with Crippen molar-refractivity contribution in [3.8, 4) is 0 Å². The van der Waals surface area contributed by atoms with Crippen molar-refractivity contribution in [1.29, 1.82) is 0 Å². The number of imide groups is 1. The summed E-state index contributed by atoms with van der Waals surface area (Å²) in [5, 5.41) is 110. The third-order valence-corrected chi connectivity index (χ3v) is 12.7. The summed E-state index contributed by atoms with van der Waals surface area (Å²) in [7, 11) is 0. The van der Waals surface area contributed by atoms with Crippen LogP contribution in [0.3, 0.4) is 0 Å². The van der Waals surface area contributed by atoms with Crippen LogP contribution < -0.4 is 21.3 Å². The van der Waals surface area contributed by atoms with Crippen LogP contribution in [0.5, 0.6) is 0 Å². The van der Waals surface area contributed by atoms with Crippen LogP contribution in [-0.2, 0) is 71.5 Å². The summed E-state index contributed by atoms with van der Waals surface area (Å²) >= 11 is 0. The number of nitrogens with zero attached hydrogens (tertiary/aromatic N) is 1. The van der Waals surface area contributed by atoms with Gasteiger partial charge in [-0.2, -0.15) is 0 Å². The summed E-state index contributed by atoms with van der Waals surface area (Å²) in [4.78, 5) is 88.5. The Kier molecular flexibility index (Phi) is 21.3. The quantitative estimate of drug-likeness (QED) is 0.0375. The standard InChI is InChI=1S/C45H71N5O24/c1-17(2)67-35-29(60)31(62)43(73-37(35)40(64)47-13-8-12-46-22(55)11-14-50-23(56)9-10-24(50)57)71-34-26(49-19(4)54)42(69-21(16-52)28(34)59)72-36-30(61)32(63)44(74-38(36)41(65)66)70-33-25(48-18(3)53)39(45(5,6)7)68-20(15-51)27(33)58/h9-10,17,20-21,25-39,42-44,51-52,58-63H,8,11-16H2,1-7H3,(H,46,55)(H,47,64)(H,48,53)(H,49,54)(H,65,66). The zero-order valence-corrected chi connectivity index (χ0v) is 41.8. The Labute approximate surface area is 424 Å². The summed E-state index contributed by atoms with van der Waals surface area (Å²) in [5.41, 5.74) is -0.781. The molecule has 5 aliphatic heterocycles. The van der Waals surface area contributed by atoms with Gasteiger partial charge in [0.25, 0.3) is 17.7 Å². The number of rotatable bonds is 21. The fourth-order valence-electron chi connectivity index (χ4n) is 9.11. The molecule has 420 valence electrons. The van der Waals surface area contributed by atoms with Crippen LogP contribution in [0, 0.1) is 5.41 Å². The van der Waals surface area contributed by atoms with E-state index in [0.29, 0.717) is 0 Å². The van der Waals surface area contributed by atoms with Crippen molar-refractivity contribution in [2.45, 2.75) is 190 Å². The molecule has 5 aliphatic rings. The number of ether oxygens (including phenoxy) is 8. The number of hydrogen-bond acceptors (Lipinski definition) is 23. The normalized spacial score (nSPS) is 37.6. The largest absolute Gasteiger partial charge is 0.479 e. The van der Waals surface area contributed by atoms with Crippen molar-refractivity contribution in [2.24, 2.45) is 5.41 Å². The number of aliphatic hydroxyl groups excluding tert-OH is 8. The second kappa shape index (κ2) is 26.1. The third kappa shape index (κ3) is 14.5. The molecule has 0 spiro atoms. The average Bonchev–Trinajstić information content (AvgIpc) is 3.64. The van der Waals surface area contributed by atoms with E-state index in [4.69, 9.17) is 37.9 Å². The number of carboxylic acids is 1. The topological polar surface area (TPSA) is 427 Å². The van der Waals surface area contributed by atoms with Crippen molar-refractivity contribution in [3.05, 3.63) is 12.2 Å². The lowest BCUT2D eigenvalue weighted by Gasteiger charge is -2.51. The van der Waals surface area contributed by atoms with Gasteiger partial charge in [0.15, 0.2) is 31.1 Å². The first-order valence-corrected chi connectivity index (χ1v) is 24.1. The summed E-state index contributed by atoms with van der Waals surface area (Å²) < 4.78 is 47.0. The monoisotopic (exact) mass is 1070 g/mol. The fraction of sp³-hybridized carbons (Fsp3) is 0.800. The first-order chi connectivity index (χ1) is 34.7. The van der Waals surface area contributed by atoms with Gasteiger partial charge in [0.2, 0.25) is 17.7 Å². The molecule has 5 heterocycles. The molecule has 0 aromatic rings. The number of nitrogens with one attached hydrogen (secondary N) is 4. The first-order valence-electron chi connectivity index (χ1n) is 24.1. The minimum absolute atomic E-state index is 0.0421. The molecule has 13 N–H and O–H groups in total. The Morgan fingerprint density at radius 3 is 1.65 bits per heavy atom. The molecule has 6 amide bonds. The number of carbonyl (C=O) groups is 7. The van der Waals surface area contributed by atoms with E-state index < -0.39 is 189 Å². The Hall–Kier alpha value is -4.41. The van der Waals surface area contributed by atoms with E-state index >= 15 is 0 Å². The van der Waals surface area contributed by atoms with E-state index in [1.54, 1.807) is 34.6 Å². The van der Waals surface area contributed by atoms with Crippen LogP contribution in [-0.4, -0.2) is 254 Å². The molecule has 5 rings (SSSR count). The predicted octanol–water partition coefficient (Wildman–Crippen LogP) is -6.89. The Bertz CT molecular complexity index is 1990. The van der Waals surface area contributed by atoms with Gasteiger partial charge in [0.1, 0.15) is 79.3 Å². The lowest BCUT2D eigenvalue weighted by atomic mass is 9.78. The summed E-state index contributed by atoms with van der Waals surface area (Å²) in [6, 6.07) is -2.98. The Morgan fingerprint density at radius 2 is 1.14 bits per heavy atom. The molecule has 20 unspecified atom stereocenters. The molecule has 0 saturated carbocycles. The molecule has 29 nitrogen and oxygen atoms in total. The Morgan fingerprint density at radius 1 is 0.649 bits per heavy atom.